The number of ether oxygens (including phenoxy) is 1. The van der Waals surface area contributed by atoms with Gasteiger partial charge in [0.05, 0.1) is 24.4 Å². The van der Waals surface area contributed by atoms with Gasteiger partial charge in [0.15, 0.2) is 17.5 Å². The maximum atomic E-state index is 14.2. The third kappa shape index (κ3) is 12.5. The Kier molecular flexibility index (Phi) is 15.5. The number of nitrogens with zero attached hydrogens (tertiary/aromatic N) is 7. The molecule has 1 unspecified atom stereocenters. The first-order valence-corrected chi connectivity index (χ1v) is 22.3. The third-order valence-electron chi connectivity index (χ3n) is 11.9. The van der Waals surface area contributed by atoms with Crippen LogP contribution in [-0.2, 0) is 23.9 Å². The first kappa shape index (κ1) is 46.2. The molecule has 6 heterocycles. The van der Waals surface area contributed by atoms with Gasteiger partial charge in [-0.25, -0.2) is 19.0 Å². The number of benzene rings is 1. The second-order valence-corrected chi connectivity index (χ2v) is 16.7. The Hall–Kier alpha value is -6.76. The number of piperidine rings is 2. The minimum atomic E-state index is -1.10. The number of rotatable bonds is 21. The molecule has 5 aromatic rings. The molecule has 4 aromatic heterocycles. The highest BCUT2D eigenvalue weighted by Crippen LogP contribution is 2.31. The molecule has 6 N–H and O–H groups in total. The minimum absolute atomic E-state index is 0.0147. The van der Waals surface area contributed by atoms with Crippen molar-refractivity contribution in [2.45, 2.75) is 102 Å². The molecule has 4 amide bonds. The van der Waals surface area contributed by atoms with Crippen molar-refractivity contribution in [2.24, 2.45) is 0 Å². The predicted octanol–water partition coefficient (Wildman–Crippen LogP) is 5.60. The molecule has 344 valence electrons. The molecule has 65 heavy (non-hydrogen) atoms. The highest BCUT2D eigenvalue weighted by molar-refractivity contribution is 6.01. The SMILES string of the molecule is COC1(C(=O)N[C@@H](CCCNC(=O)CCCCCCNc2ccc(C3CCC(=O)NC3=O)cc2)c2ccc(-n3cc(F)cn3)nc2)CCN(c2nc(C)cc(Nc3cc(C)[nH]n3)n2)CC1. The van der Waals surface area contributed by atoms with Crippen LogP contribution in [-0.4, -0.2) is 97.4 Å². The lowest BCUT2D eigenvalue weighted by molar-refractivity contribution is -0.147. The van der Waals surface area contributed by atoms with Crippen molar-refractivity contribution >= 4 is 46.9 Å². The van der Waals surface area contributed by atoms with Crippen LogP contribution in [0, 0.1) is 19.7 Å². The normalized spacial score (nSPS) is 16.4. The maximum Gasteiger partial charge on any atom is 0.252 e. The van der Waals surface area contributed by atoms with Crippen LogP contribution >= 0.6 is 0 Å². The monoisotopic (exact) mass is 891 g/mol. The van der Waals surface area contributed by atoms with E-state index in [1.54, 1.807) is 19.4 Å². The molecule has 0 spiro atoms. The lowest BCUT2D eigenvalue weighted by Gasteiger charge is -2.40. The number of hydrogen-bond donors (Lipinski definition) is 6. The molecule has 18 nitrogen and oxygen atoms in total. The van der Waals surface area contributed by atoms with Crippen molar-refractivity contribution in [3.63, 3.8) is 0 Å². The van der Waals surface area contributed by atoms with Crippen LogP contribution in [0.2, 0.25) is 0 Å². The van der Waals surface area contributed by atoms with Crippen molar-refractivity contribution in [1.29, 1.82) is 0 Å². The minimum Gasteiger partial charge on any atom is -0.385 e. The molecular weight excluding hydrogens is 834 g/mol. The molecule has 7 rings (SSSR count). The molecule has 2 fully saturated rings. The van der Waals surface area contributed by atoms with E-state index in [9.17, 15) is 23.6 Å². The summed E-state index contributed by atoms with van der Waals surface area (Å²) in [6.45, 7) is 6.03. The molecule has 2 saturated heterocycles. The summed E-state index contributed by atoms with van der Waals surface area (Å²) in [5.41, 5.74) is 3.25. The highest BCUT2D eigenvalue weighted by atomic mass is 19.1. The van der Waals surface area contributed by atoms with Gasteiger partial charge in [-0.3, -0.25) is 29.6 Å². The molecule has 2 aliphatic rings. The summed E-state index contributed by atoms with van der Waals surface area (Å²) in [4.78, 5) is 66.6. The molecule has 2 atom stereocenters. The van der Waals surface area contributed by atoms with Crippen LogP contribution in [0.5, 0.6) is 0 Å². The van der Waals surface area contributed by atoms with E-state index in [4.69, 9.17) is 9.72 Å². The fourth-order valence-corrected chi connectivity index (χ4v) is 8.20. The number of carbonyl (C=O) groups excluding carboxylic acids is 4. The van der Waals surface area contributed by atoms with Gasteiger partial charge in [-0.2, -0.15) is 15.2 Å². The molecule has 0 bridgehead atoms. The van der Waals surface area contributed by atoms with Gasteiger partial charge in [-0.05, 0) is 75.3 Å². The molecular formula is C46H58FN13O5. The Morgan fingerprint density at radius 1 is 0.954 bits per heavy atom. The van der Waals surface area contributed by atoms with E-state index in [2.05, 4.69) is 51.8 Å². The first-order chi connectivity index (χ1) is 31.5. The Bertz CT molecular complexity index is 2400. The van der Waals surface area contributed by atoms with Crippen molar-refractivity contribution in [3.8, 4) is 5.82 Å². The Morgan fingerprint density at radius 2 is 1.75 bits per heavy atom. The number of halogens is 1. The summed E-state index contributed by atoms with van der Waals surface area (Å²) < 4.78 is 21.0. The van der Waals surface area contributed by atoms with Gasteiger partial charge in [-0.1, -0.05) is 31.0 Å². The number of pyridine rings is 1. The number of methoxy groups -OCH3 is 1. The maximum absolute atomic E-state index is 14.2. The molecule has 0 radical (unpaired) electrons. The van der Waals surface area contributed by atoms with Crippen molar-refractivity contribution < 1.29 is 28.3 Å². The summed E-state index contributed by atoms with van der Waals surface area (Å²) in [6, 6.07) is 14.6. The largest absolute Gasteiger partial charge is 0.385 e. The quantitative estimate of drug-likeness (QED) is 0.0390. The number of anilines is 4. The first-order valence-electron chi connectivity index (χ1n) is 22.3. The molecule has 1 aromatic carbocycles. The number of unbranched alkanes of at least 4 members (excludes halogenated alkanes) is 3. The van der Waals surface area contributed by atoms with Crippen LogP contribution in [0.15, 0.2) is 67.1 Å². The van der Waals surface area contributed by atoms with Gasteiger partial charge < -0.3 is 30.9 Å². The average Bonchev–Trinajstić information content (AvgIpc) is 3.94. The van der Waals surface area contributed by atoms with Gasteiger partial charge in [0.2, 0.25) is 23.7 Å². The number of aromatic amines is 1. The fourth-order valence-electron chi connectivity index (χ4n) is 8.20. The van der Waals surface area contributed by atoms with Crippen LogP contribution < -0.4 is 31.5 Å². The van der Waals surface area contributed by atoms with Gasteiger partial charge in [-0.15, -0.1) is 0 Å². The van der Waals surface area contributed by atoms with Crippen LogP contribution in [0.25, 0.3) is 5.82 Å². The van der Waals surface area contributed by atoms with E-state index >= 15 is 0 Å². The van der Waals surface area contributed by atoms with E-state index < -0.39 is 17.5 Å². The van der Waals surface area contributed by atoms with Crippen LogP contribution in [0.3, 0.4) is 0 Å². The standard InChI is InChI=1S/C46H58FN13O5/c1-30-25-38(54-39-26-31(2)57-58-39)55-45(52-30)59-23-19-46(65-3,20-24-59)44(64)53-37(33-13-17-40(50-27-33)60-29-34(47)28-51-60)9-8-22-49-41(61)10-6-4-5-7-21-48-35-14-11-32(12-15-35)36-16-18-42(62)56-43(36)63/h11-15,17,25-29,36-37,48H,4-10,16,18-24H2,1-3H3,(H,49,61)(H,53,64)(H,56,62,63)(H2,52,54,55,57,58)/t36?,37-/m0/s1. The zero-order valence-corrected chi connectivity index (χ0v) is 37.2. The van der Waals surface area contributed by atoms with Crippen LogP contribution in [0.4, 0.5) is 27.7 Å². The number of carbonyl (C=O) groups is 4. The summed E-state index contributed by atoms with van der Waals surface area (Å²) in [6.07, 6.45) is 10.9. The van der Waals surface area contributed by atoms with Gasteiger partial charge in [0.1, 0.15) is 11.4 Å². The second kappa shape index (κ2) is 21.7. The molecule has 19 heteroatoms. The molecule has 2 aliphatic heterocycles. The van der Waals surface area contributed by atoms with Gasteiger partial charge >= 0.3 is 0 Å². The number of imide groups is 1. The van der Waals surface area contributed by atoms with Crippen molar-refractivity contribution in [3.05, 3.63) is 95.5 Å². The fraction of sp³-hybridized carbons (Fsp3) is 0.457. The Morgan fingerprint density at radius 3 is 2.45 bits per heavy atom. The van der Waals surface area contributed by atoms with E-state index in [0.29, 0.717) is 88.0 Å². The Balaban J connectivity index is 0.864. The topological polar surface area (TPSA) is 226 Å². The lowest BCUT2D eigenvalue weighted by Crippen LogP contribution is -2.55. The number of aryl methyl sites for hydroxylation is 2. The smallest absolute Gasteiger partial charge is 0.252 e. The summed E-state index contributed by atoms with van der Waals surface area (Å²) in [5.74, 6) is 0.769. The van der Waals surface area contributed by atoms with Gasteiger partial charge in [0.25, 0.3) is 5.91 Å². The van der Waals surface area contributed by atoms with E-state index in [-0.39, 0.29) is 29.5 Å². The average molecular weight is 892 g/mol. The number of H-pyrrole nitrogens is 1. The second-order valence-electron chi connectivity index (χ2n) is 16.7. The summed E-state index contributed by atoms with van der Waals surface area (Å²) in [5, 5.41) is 26.5. The highest BCUT2D eigenvalue weighted by Gasteiger charge is 2.43. The summed E-state index contributed by atoms with van der Waals surface area (Å²) in [7, 11) is 1.56. The third-order valence-corrected chi connectivity index (χ3v) is 11.9. The number of amides is 4. The summed E-state index contributed by atoms with van der Waals surface area (Å²) >= 11 is 0. The van der Waals surface area contributed by atoms with E-state index in [0.717, 1.165) is 66.6 Å². The van der Waals surface area contributed by atoms with Crippen molar-refractivity contribution in [1.82, 2.24) is 50.9 Å². The lowest BCUT2D eigenvalue weighted by atomic mass is 9.89. The zero-order valence-electron chi connectivity index (χ0n) is 37.2. The van der Waals surface area contributed by atoms with E-state index in [1.165, 1.54) is 10.9 Å². The predicted molar refractivity (Wildman–Crippen MR) is 242 cm³/mol. The van der Waals surface area contributed by atoms with Crippen molar-refractivity contribution in [2.75, 3.05) is 48.8 Å². The molecule has 0 aliphatic carbocycles. The van der Waals surface area contributed by atoms with Gasteiger partial charge in [0, 0.05) is 94.4 Å². The van der Waals surface area contributed by atoms with Crippen LogP contribution in [0.1, 0.15) is 105 Å². The van der Waals surface area contributed by atoms with E-state index in [1.807, 2.05) is 61.2 Å². The molecule has 0 saturated carbocycles. The number of hydrogen-bond acceptors (Lipinski definition) is 13. The Labute approximate surface area is 377 Å². The number of aromatic nitrogens is 7. The zero-order chi connectivity index (χ0) is 45.8. The number of nitrogens with one attached hydrogen (secondary N) is 6.